The molecule has 0 spiro atoms. The molecule has 0 bridgehead atoms. The van der Waals surface area contributed by atoms with Gasteiger partial charge in [-0.25, -0.2) is 0 Å². The molecule has 1 saturated heterocycles. The number of aromatic nitrogens is 2. The average molecular weight is 341 g/mol. The lowest BCUT2D eigenvalue weighted by Gasteiger charge is -2.30. The molecule has 1 amide bonds. The zero-order valence-corrected chi connectivity index (χ0v) is 14.5. The number of carbonyl (C=O) groups is 1. The first-order chi connectivity index (χ1) is 12.1. The van der Waals surface area contributed by atoms with Gasteiger partial charge in [0.05, 0.1) is 24.6 Å². The van der Waals surface area contributed by atoms with Gasteiger partial charge in [0, 0.05) is 19.0 Å². The van der Waals surface area contributed by atoms with E-state index < -0.39 is 0 Å². The van der Waals surface area contributed by atoms with Gasteiger partial charge in [-0.1, -0.05) is 26.0 Å². The van der Waals surface area contributed by atoms with Gasteiger partial charge in [0.15, 0.2) is 11.6 Å². The molecule has 25 heavy (non-hydrogen) atoms. The van der Waals surface area contributed by atoms with Crippen LogP contribution in [0.1, 0.15) is 13.8 Å². The number of ether oxygens (including phenoxy) is 1. The SMILES string of the molecule is CC(C)C(=O)Nc1ccc(Nc2ccccc2N2CCOCC2)nn1. The van der Waals surface area contributed by atoms with Crippen molar-refractivity contribution in [2.75, 3.05) is 41.8 Å². The maximum Gasteiger partial charge on any atom is 0.228 e. The summed E-state index contributed by atoms with van der Waals surface area (Å²) < 4.78 is 5.42. The van der Waals surface area contributed by atoms with Crippen molar-refractivity contribution in [3.05, 3.63) is 36.4 Å². The summed E-state index contributed by atoms with van der Waals surface area (Å²) in [5, 5.41) is 14.3. The summed E-state index contributed by atoms with van der Waals surface area (Å²) in [4.78, 5) is 14.0. The molecule has 1 aliphatic heterocycles. The first-order valence-corrected chi connectivity index (χ1v) is 8.47. The van der Waals surface area contributed by atoms with Gasteiger partial charge in [0.25, 0.3) is 0 Å². The zero-order valence-electron chi connectivity index (χ0n) is 14.5. The molecule has 0 atom stereocenters. The largest absolute Gasteiger partial charge is 0.378 e. The monoisotopic (exact) mass is 341 g/mol. The minimum atomic E-state index is -0.0972. The topological polar surface area (TPSA) is 79.4 Å². The van der Waals surface area contributed by atoms with Crippen LogP contribution in [0.2, 0.25) is 0 Å². The average Bonchev–Trinajstić information content (AvgIpc) is 2.64. The van der Waals surface area contributed by atoms with E-state index in [4.69, 9.17) is 4.74 Å². The van der Waals surface area contributed by atoms with Crippen molar-refractivity contribution in [3.8, 4) is 0 Å². The maximum absolute atomic E-state index is 11.7. The van der Waals surface area contributed by atoms with Gasteiger partial charge in [-0.15, -0.1) is 10.2 Å². The minimum absolute atomic E-state index is 0.0762. The number of morpholine rings is 1. The highest BCUT2D eigenvalue weighted by Gasteiger charge is 2.15. The predicted octanol–water partition coefficient (Wildman–Crippen LogP) is 2.65. The molecule has 132 valence electrons. The highest BCUT2D eigenvalue weighted by molar-refractivity contribution is 5.91. The molecular weight excluding hydrogens is 318 g/mol. The fourth-order valence-electron chi connectivity index (χ4n) is 2.53. The van der Waals surface area contributed by atoms with Crippen LogP contribution in [0.4, 0.5) is 23.0 Å². The summed E-state index contributed by atoms with van der Waals surface area (Å²) in [5.74, 6) is 0.904. The Hall–Kier alpha value is -2.67. The first-order valence-electron chi connectivity index (χ1n) is 8.47. The lowest BCUT2D eigenvalue weighted by atomic mass is 10.2. The van der Waals surface area contributed by atoms with E-state index in [1.807, 2.05) is 32.0 Å². The summed E-state index contributed by atoms with van der Waals surface area (Å²) in [5.41, 5.74) is 2.09. The van der Waals surface area contributed by atoms with Crippen molar-refractivity contribution in [1.29, 1.82) is 0 Å². The predicted molar refractivity (Wildman–Crippen MR) is 98.3 cm³/mol. The quantitative estimate of drug-likeness (QED) is 0.870. The number of hydrogen-bond acceptors (Lipinski definition) is 6. The lowest BCUT2D eigenvalue weighted by molar-refractivity contribution is -0.118. The molecule has 2 N–H and O–H groups in total. The van der Waals surface area contributed by atoms with E-state index in [2.05, 4.69) is 31.8 Å². The number of benzene rings is 1. The van der Waals surface area contributed by atoms with E-state index in [1.54, 1.807) is 12.1 Å². The van der Waals surface area contributed by atoms with Crippen LogP contribution >= 0.6 is 0 Å². The molecule has 2 aromatic rings. The van der Waals surface area contributed by atoms with Crippen molar-refractivity contribution >= 4 is 28.9 Å². The van der Waals surface area contributed by atoms with Crippen LogP contribution in [0.25, 0.3) is 0 Å². The summed E-state index contributed by atoms with van der Waals surface area (Å²) in [7, 11) is 0. The molecule has 2 heterocycles. The number of nitrogens with one attached hydrogen (secondary N) is 2. The van der Waals surface area contributed by atoms with E-state index in [9.17, 15) is 4.79 Å². The number of amides is 1. The Balaban J connectivity index is 1.71. The second-order valence-electron chi connectivity index (χ2n) is 6.19. The molecule has 0 unspecified atom stereocenters. The normalized spacial score (nSPS) is 14.4. The van der Waals surface area contributed by atoms with Crippen LogP contribution < -0.4 is 15.5 Å². The van der Waals surface area contributed by atoms with E-state index in [0.29, 0.717) is 11.6 Å². The summed E-state index contributed by atoms with van der Waals surface area (Å²) in [6.07, 6.45) is 0. The van der Waals surface area contributed by atoms with Crippen molar-refractivity contribution in [3.63, 3.8) is 0 Å². The third kappa shape index (κ3) is 4.45. The maximum atomic E-state index is 11.7. The molecular formula is C18H23N5O2. The Labute approximate surface area is 147 Å². The minimum Gasteiger partial charge on any atom is -0.378 e. The molecule has 7 nitrogen and oxygen atoms in total. The number of hydrogen-bond donors (Lipinski definition) is 2. The fraction of sp³-hybridized carbons (Fsp3) is 0.389. The van der Waals surface area contributed by atoms with Crippen molar-refractivity contribution in [2.24, 2.45) is 5.92 Å². The Morgan fingerprint density at radius 1 is 1.08 bits per heavy atom. The number of para-hydroxylation sites is 2. The summed E-state index contributed by atoms with van der Waals surface area (Å²) in [6, 6.07) is 11.6. The highest BCUT2D eigenvalue weighted by Crippen LogP contribution is 2.28. The summed E-state index contributed by atoms with van der Waals surface area (Å²) in [6.45, 7) is 6.87. The molecule has 1 aliphatic rings. The van der Waals surface area contributed by atoms with Gasteiger partial charge in [0.2, 0.25) is 5.91 Å². The van der Waals surface area contributed by atoms with Crippen LogP contribution in [0.15, 0.2) is 36.4 Å². The highest BCUT2D eigenvalue weighted by atomic mass is 16.5. The van der Waals surface area contributed by atoms with Gasteiger partial charge in [-0.3, -0.25) is 4.79 Å². The molecule has 1 fully saturated rings. The van der Waals surface area contributed by atoms with Crippen LogP contribution in [-0.2, 0) is 9.53 Å². The standard InChI is InChI=1S/C18H23N5O2/c1-13(2)18(24)20-17-8-7-16(21-22-17)19-14-5-3-4-6-15(14)23-9-11-25-12-10-23/h3-8,13H,9-12H2,1-2H3,(H,19,21)(H,20,22,24). The zero-order chi connectivity index (χ0) is 17.6. The second kappa shape index (κ2) is 7.94. The fourth-order valence-corrected chi connectivity index (χ4v) is 2.53. The Kier molecular flexibility index (Phi) is 5.45. The Bertz CT molecular complexity index is 712. The van der Waals surface area contributed by atoms with E-state index in [0.717, 1.165) is 37.7 Å². The lowest BCUT2D eigenvalue weighted by Crippen LogP contribution is -2.36. The first kappa shape index (κ1) is 17.2. The molecule has 1 aromatic carbocycles. The van der Waals surface area contributed by atoms with Crippen LogP contribution in [0.5, 0.6) is 0 Å². The number of rotatable bonds is 5. The van der Waals surface area contributed by atoms with Crippen LogP contribution in [-0.4, -0.2) is 42.4 Å². The number of anilines is 4. The molecule has 7 heteroatoms. The van der Waals surface area contributed by atoms with Crippen LogP contribution in [0.3, 0.4) is 0 Å². The van der Waals surface area contributed by atoms with E-state index in [1.165, 1.54) is 0 Å². The van der Waals surface area contributed by atoms with Crippen molar-refractivity contribution in [2.45, 2.75) is 13.8 Å². The third-order valence-electron chi connectivity index (χ3n) is 3.96. The van der Waals surface area contributed by atoms with Gasteiger partial charge < -0.3 is 20.3 Å². The molecule has 3 rings (SSSR count). The number of carbonyl (C=O) groups excluding carboxylic acids is 1. The molecule has 0 aliphatic carbocycles. The van der Waals surface area contributed by atoms with Gasteiger partial charge >= 0.3 is 0 Å². The van der Waals surface area contributed by atoms with Gasteiger partial charge in [-0.2, -0.15) is 0 Å². The third-order valence-corrected chi connectivity index (χ3v) is 3.96. The van der Waals surface area contributed by atoms with Crippen LogP contribution in [0, 0.1) is 5.92 Å². The van der Waals surface area contributed by atoms with Crippen molar-refractivity contribution in [1.82, 2.24) is 10.2 Å². The number of nitrogens with zero attached hydrogens (tertiary/aromatic N) is 3. The Morgan fingerprint density at radius 3 is 2.44 bits per heavy atom. The molecule has 1 aromatic heterocycles. The van der Waals surface area contributed by atoms with Crippen molar-refractivity contribution < 1.29 is 9.53 Å². The summed E-state index contributed by atoms with van der Waals surface area (Å²) >= 11 is 0. The van der Waals surface area contributed by atoms with Gasteiger partial charge in [-0.05, 0) is 24.3 Å². The van der Waals surface area contributed by atoms with E-state index >= 15 is 0 Å². The smallest absolute Gasteiger partial charge is 0.228 e. The van der Waals surface area contributed by atoms with E-state index in [-0.39, 0.29) is 11.8 Å². The molecule has 0 saturated carbocycles. The van der Waals surface area contributed by atoms with Gasteiger partial charge in [0.1, 0.15) is 0 Å². The molecule has 0 radical (unpaired) electrons. The Morgan fingerprint density at radius 2 is 1.76 bits per heavy atom. The second-order valence-corrected chi connectivity index (χ2v) is 6.19.